The highest BCUT2D eigenvalue weighted by atomic mass is 35.5. The van der Waals surface area contributed by atoms with E-state index in [-0.39, 0.29) is 45.8 Å². The Morgan fingerprint density at radius 3 is 2.47 bits per heavy atom. The zero-order valence-corrected chi connectivity index (χ0v) is 31.0. The second kappa shape index (κ2) is 14.4. The summed E-state index contributed by atoms with van der Waals surface area (Å²) < 4.78 is 2.98. The molecule has 4 fully saturated rings. The van der Waals surface area contributed by atoms with Crippen molar-refractivity contribution in [1.29, 1.82) is 0 Å². The second-order valence-electron chi connectivity index (χ2n) is 15.5. The van der Waals surface area contributed by atoms with Crippen LogP contribution in [0.4, 0.5) is 11.4 Å². The summed E-state index contributed by atoms with van der Waals surface area (Å²) in [5.74, 6) is 0.213. The van der Waals surface area contributed by atoms with Crippen molar-refractivity contribution in [2.45, 2.75) is 69.2 Å². The topological polar surface area (TPSA) is 154 Å². The zero-order chi connectivity index (χ0) is 36.9. The third-order valence-corrected chi connectivity index (χ3v) is 12.5. The number of fused-ring (bicyclic) bond motifs is 1. The molecule has 0 aliphatic carbocycles. The van der Waals surface area contributed by atoms with E-state index in [1.165, 1.54) is 10.2 Å². The number of hydrogen-bond acceptors (Lipinski definition) is 10. The summed E-state index contributed by atoms with van der Waals surface area (Å²) >= 11 is 6.33. The van der Waals surface area contributed by atoms with E-state index in [0.29, 0.717) is 18.5 Å². The van der Waals surface area contributed by atoms with Gasteiger partial charge in [-0.3, -0.25) is 14.4 Å². The summed E-state index contributed by atoms with van der Waals surface area (Å²) in [6.45, 7) is 5.12. The van der Waals surface area contributed by atoms with Crippen LogP contribution in [0, 0.1) is 5.41 Å². The predicted molar refractivity (Wildman–Crippen MR) is 202 cm³/mol. The van der Waals surface area contributed by atoms with Crippen molar-refractivity contribution in [2.24, 2.45) is 12.5 Å². The number of nitrogens with one attached hydrogen (secondary N) is 2. The van der Waals surface area contributed by atoms with Crippen LogP contribution >= 0.6 is 11.6 Å². The summed E-state index contributed by atoms with van der Waals surface area (Å²) in [5, 5.41) is 29.5. The molecule has 4 saturated heterocycles. The first-order valence-electron chi connectivity index (χ1n) is 18.7. The molecule has 0 bridgehead atoms. The summed E-state index contributed by atoms with van der Waals surface area (Å²) in [6.07, 6.45) is 6.49. The van der Waals surface area contributed by atoms with Gasteiger partial charge in [0, 0.05) is 70.0 Å². The number of amides is 2. The molecule has 8 rings (SSSR count). The van der Waals surface area contributed by atoms with Gasteiger partial charge in [0.25, 0.3) is 11.5 Å². The Labute approximate surface area is 313 Å². The van der Waals surface area contributed by atoms with E-state index in [0.717, 1.165) is 93.7 Å². The number of halogens is 1. The average Bonchev–Trinajstić information content (AvgIpc) is 3.58. The molecule has 2 amide bonds. The third-order valence-electron chi connectivity index (χ3n) is 12.1. The lowest BCUT2D eigenvalue weighted by molar-refractivity contribution is -0.128. The van der Waals surface area contributed by atoms with Crippen LogP contribution in [-0.2, 0) is 11.8 Å². The number of carbonyl (C=O) groups is 2. The van der Waals surface area contributed by atoms with E-state index >= 15 is 0 Å². The lowest BCUT2D eigenvalue weighted by atomic mass is 9.71. The van der Waals surface area contributed by atoms with Crippen LogP contribution in [0.2, 0.25) is 5.02 Å². The van der Waals surface area contributed by atoms with E-state index in [1.54, 1.807) is 17.9 Å². The fourth-order valence-electron chi connectivity index (χ4n) is 8.89. The number of likely N-dealkylation sites (N-methyl/N-ethyl adjacent to an activating group) is 1. The molecule has 14 nitrogen and oxygen atoms in total. The molecule has 53 heavy (non-hydrogen) atoms. The molecular weight excluding hydrogens is 696 g/mol. The lowest BCUT2D eigenvalue weighted by Crippen LogP contribution is -2.48. The Morgan fingerprint density at radius 2 is 1.74 bits per heavy atom. The standard InChI is InChI=1S/C38H47ClN10O4/c1-45-22-26(19-27(23-45)41-30-21-40-46(2)37(53)34(30)39)24-3-5-25(6-4-24)36(52)48-17-13-38(14-18-48)11-15-47(16-12-38)28-7-8-29-32(20-28)49(44-43-29)31-9-10-33(50)42-35(31)51/h3-8,20-21,26-27,31,35,41,51H,9-19,22-23H2,1-2H3,(H,42,50)/t26-,27+,31?,35?/m1/s1. The highest BCUT2D eigenvalue weighted by molar-refractivity contribution is 6.32. The zero-order valence-electron chi connectivity index (χ0n) is 30.2. The van der Waals surface area contributed by atoms with Gasteiger partial charge in [0.1, 0.15) is 16.8 Å². The Bertz CT molecular complexity index is 2050. The van der Waals surface area contributed by atoms with Gasteiger partial charge in [0.15, 0.2) is 0 Å². The highest BCUT2D eigenvalue weighted by Gasteiger charge is 2.39. The van der Waals surface area contributed by atoms with Gasteiger partial charge in [0.2, 0.25) is 5.91 Å². The van der Waals surface area contributed by atoms with Crippen molar-refractivity contribution in [3.63, 3.8) is 0 Å². The normalized spacial score (nSPS) is 25.1. The maximum atomic E-state index is 13.7. The Morgan fingerprint density at radius 1 is 1.00 bits per heavy atom. The van der Waals surface area contributed by atoms with Crippen LogP contribution in [0.15, 0.2) is 53.5 Å². The number of likely N-dealkylation sites (tertiary alicyclic amines) is 2. The monoisotopic (exact) mass is 742 g/mol. The molecule has 3 N–H and O–H groups in total. The Kier molecular flexibility index (Phi) is 9.62. The summed E-state index contributed by atoms with van der Waals surface area (Å²) in [6, 6.07) is 14.1. The van der Waals surface area contributed by atoms with Gasteiger partial charge < -0.3 is 30.4 Å². The van der Waals surface area contributed by atoms with Gasteiger partial charge in [-0.1, -0.05) is 28.9 Å². The number of hydrogen-bond donors (Lipinski definition) is 3. The van der Waals surface area contributed by atoms with Gasteiger partial charge in [-0.15, -0.1) is 5.10 Å². The van der Waals surface area contributed by atoms with Gasteiger partial charge in [0.05, 0.1) is 23.4 Å². The number of anilines is 2. The summed E-state index contributed by atoms with van der Waals surface area (Å²) in [5.41, 5.74) is 5.12. The molecule has 2 aromatic heterocycles. The van der Waals surface area contributed by atoms with E-state index in [1.807, 2.05) is 23.1 Å². The molecule has 4 atom stereocenters. The molecule has 2 unspecified atom stereocenters. The molecule has 4 aliphatic heterocycles. The van der Waals surface area contributed by atoms with Crippen LogP contribution in [0.25, 0.3) is 11.0 Å². The van der Waals surface area contributed by atoms with Crippen LogP contribution in [-0.4, -0.2) is 110 Å². The SMILES string of the molecule is CN1C[C@@H](Nc2cnn(C)c(=O)c2Cl)C[C@@H](c2ccc(C(=O)N3CCC4(CC3)CCN(c3ccc5nnn(C6CCC(=O)NC6O)c5c3)CC4)cc2)C1. The number of carbonyl (C=O) groups excluding carboxylic acids is 2. The average molecular weight is 743 g/mol. The number of rotatable bonds is 6. The first-order chi connectivity index (χ1) is 25.6. The molecule has 0 saturated carbocycles. The van der Waals surface area contributed by atoms with Crippen molar-refractivity contribution in [3.8, 4) is 0 Å². The third kappa shape index (κ3) is 7.11. The van der Waals surface area contributed by atoms with Crippen LogP contribution < -0.4 is 21.1 Å². The van der Waals surface area contributed by atoms with Crippen LogP contribution in [0.3, 0.4) is 0 Å². The second-order valence-corrected chi connectivity index (χ2v) is 15.9. The van der Waals surface area contributed by atoms with Gasteiger partial charge in [-0.25, -0.2) is 9.36 Å². The fourth-order valence-corrected chi connectivity index (χ4v) is 9.12. The molecule has 0 radical (unpaired) electrons. The summed E-state index contributed by atoms with van der Waals surface area (Å²) in [7, 11) is 3.68. The first kappa shape index (κ1) is 35.5. The van der Waals surface area contributed by atoms with Crippen molar-refractivity contribution in [2.75, 3.05) is 56.5 Å². The number of aryl methyl sites for hydroxylation is 1. The number of aliphatic hydroxyl groups is 1. The van der Waals surface area contributed by atoms with E-state index in [4.69, 9.17) is 11.6 Å². The minimum atomic E-state index is -0.989. The van der Waals surface area contributed by atoms with E-state index in [9.17, 15) is 19.5 Å². The Balaban J connectivity index is 0.852. The van der Waals surface area contributed by atoms with E-state index in [2.05, 4.69) is 67.2 Å². The van der Waals surface area contributed by atoms with Gasteiger partial charge >= 0.3 is 0 Å². The fraction of sp³-hybridized carbons (Fsp3) is 0.526. The number of benzene rings is 2. The molecule has 4 aliphatic rings. The number of aliphatic hydroxyl groups excluding tert-OH is 1. The molecule has 6 heterocycles. The number of aromatic nitrogens is 5. The minimum absolute atomic E-state index is 0.0951. The Hall–Kier alpha value is -4.53. The minimum Gasteiger partial charge on any atom is -0.378 e. The molecule has 15 heteroatoms. The largest absolute Gasteiger partial charge is 0.378 e. The smallest absolute Gasteiger partial charge is 0.287 e. The maximum Gasteiger partial charge on any atom is 0.287 e. The quantitative estimate of drug-likeness (QED) is 0.268. The van der Waals surface area contributed by atoms with Crippen molar-refractivity contribution >= 4 is 45.8 Å². The molecular formula is C38H47ClN10O4. The van der Waals surface area contributed by atoms with Gasteiger partial charge in [-0.05, 0) is 92.8 Å². The summed E-state index contributed by atoms with van der Waals surface area (Å²) in [4.78, 5) is 44.4. The molecule has 1 spiro atoms. The van der Waals surface area contributed by atoms with Crippen molar-refractivity contribution < 1.29 is 14.7 Å². The number of piperidine rings is 4. The van der Waals surface area contributed by atoms with Gasteiger partial charge in [-0.2, -0.15) is 5.10 Å². The molecule has 4 aromatic rings. The van der Waals surface area contributed by atoms with Crippen LogP contribution in [0.5, 0.6) is 0 Å². The van der Waals surface area contributed by atoms with Crippen LogP contribution in [0.1, 0.15) is 72.8 Å². The van der Waals surface area contributed by atoms with Crippen molar-refractivity contribution in [3.05, 3.63) is 75.2 Å². The van der Waals surface area contributed by atoms with E-state index < -0.39 is 6.23 Å². The number of nitrogens with zero attached hydrogens (tertiary/aromatic N) is 8. The lowest BCUT2D eigenvalue weighted by Gasteiger charge is -2.47. The predicted octanol–water partition coefficient (Wildman–Crippen LogP) is 3.37. The highest BCUT2D eigenvalue weighted by Crippen LogP contribution is 2.43. The molecule has 2 aromatic carbocycles. The molecule has 280 valence electrons. The van der Waals surface area contributed by atoms with Crippen molar-refractivity contribution in [1.82, 2.24) is 39.9 Å². The maximum absolute atomic E-state index is 13.7. The first-order valence-corrected chi connectivity index (χ1v) is 19.1.